The van der Waals surface area contributed by atoms with E-state index in [4.69, 9.17) is 11.6 Å². The first kappa shape index (κ1) is 24.4. The summed E-state index contributed by atoms with van der Waals surface area (Å²) >= 11 is 7.50. The van der Waals surface area contributed by atoms with Gasteiger partial charge in [-0.05, 0) is 38.4 Å². The van der Waals surface area contributed by atoms with Crippen LogP contribution in [-0.4, -0.2) is 58.5 Å². The Morgan fingerprint density at radius 1 is 1.18 bits per heavy atom. The number of aromatic nitrogens is 3. The van der Waals surface area contributed by atoms with Crippen molar-refractivity contribution in [3.63, 3.8) is 0 Å². The van der Waals surface area contributed by atoms with Crippen LogP contribution in [0.15, 0.2) is 30.5 Å². The number of carbonyl (C=O) groups is 1. The van der Waals surface area contributed by atoms with E-state index >= 15 is 0 Å². The Balaban J connectivity index is 1.41. The van der Waals surface area contributed by atoms with Crippen molar-refractivity contribution in [3.8, 4) is 0 Å². The van der Waals surface area contributed by atoms with Gasteiger partial charge in [-0.2, -0.15) is 0 Å². The number of benzene rings is 1. The topological polar surface area (TPSA) is 86.3 Å². The van der Waals surface area contributed by atoms with Crippen molar-refractivity contribution in [2.45, 2.75) is 33.6 Å². The molecule has 2 aromatic heterocycles. The second kappa shape index (κ2) is 11.1. The van der Waals surface area contributed by atoms with E-state index < -0.39 is 0 Å². The molecule has 4 rings (SSSR count). The van der Waals surface area contributed by atoms with Crippen molar-refractivity contribution >= 4 is 51.3 Å². The van der Waals surface area contributed by atoms with Crippen LogP contribution in [0.3, 0.4) is 0 Å². The monoisotopic (exact) mass is 499 g/mol. The Labute approximate surface area is 209 Å². The molecule has 0 aliphatic carbocycles. The van der Waals surface area contributed by atoms with Crippen molar-refractivity contribution in [3.05, 3.63) is 51.7 Å². The van der Waals surface area contributed by atoms with Crippen LogP contribution in [0, 0.1) is 13.8 Å². The summed E-state index contributed by atoms with van der Waals surface area (Å²) in [6.45, 7) is 11.2. The number of para-hydroxylation sites is 1. The van der Waals surface area contributed by atoms with Gasteiger partial charge in [0, 0.05) is 32.2 Å². The molecule has 0 saturated carbocycles. The maximum atomic E-state index is 12.7. The first-order chi connectivity index (χ1) is 16.4. The summed E-state index contributed by atoms with van der Waals surface area (Å²) in [5.41, 5.74) is 1.52. The molecule has 2 N–H and O–H groups in total. The van der Waals surface area contributed by atoms with E-state index in [0.717, 1.165) is 44.1 Å². The number of amides is 1. The summed E-state index contributed by atoms with van der Waals surface area (Å²) in [6.07, 6.45) is 4.02. The highest BCUT2D eigenvalue weighted by Crippen LogP contribution is 2.28. The summed E-state index contributed by atoms with van der Waals surface area (Å²) < 4.78 is 0. The minimum Gasteiger partial charge on any atom is -0.354 e. The predicted molar refractivity (Wildman–Crippen MR) is 140 cm³/mol. The van der Waals surface area contributed by atoms with Gasteiger partial charge in [0.15, 0.2) is 5.13 Å². The summed E-state index contributed by atoms with van der Waals surface area (Å²) in [7, 11) is 0. The quantitative estimate of drug-likeness (QED) is 0.444. The number of piperazine rings is 1. The molecule has 34 heavy (non-hydrogen) atoms. The third-order valence-corrected chi connectivity index (χ3v) is 7.00. The molecular weight excluding hydrogens is 470 g/mol. The Hall–Kier alpha value is -2.75. The summed E-state index contributed by atoms with van der Waals surface area (Å²) in [5.74, 6) is 2.02. The average molecular weight is 500 g/mol. The minimum atomic E-state index is -0.248. The number of thiazole rings is 1. The van der Waals surface area contributed by atoms with E-state index in [9.17, 15) is 4.79 Å². The average Bonchev–Trinajstić information content (AvgIpc) is 3.28. The molecule has 0 bridgehead atoms. The number of nitrogens with one attached hydrogen (secondary N) is 2. The van der Waals surface area contributed by atoms with Crippen molar-refractivity contribution in [1.82, 2.24) is 19.9 Å². The fourth-order valence-corrected chi connectivity index (χ4v) is 4.86. The van der Waals surface area contributed by atoms with Gasteiger partial charge in [-0.1, -0.05) is 48.4 Å². The van der Waals surface area contributed by atoms with E-state index in [0.29, 0.717) is 32.4 Å². The molecule has 0 radical (unpaired) electrons. The van der Waals surface area contributed by atoms with Crippen molar-refractivity contribution in [1.29, 1.82) is 0 Å². The molecule has 0 unspecified atom stereocenters. The fraction of sp³-hybridized carbons (Fsp3) is 0.417. The molecule has 1 aromatic carbocycles. The molecule has 1 saturated heterocycles. The lowest BCUT2D eigenvalue weighted by Crippen LogP contribution is -2.47. The van der Waals surface area contributed by atoms with Gasteiger partial charge in [0.1, 0.15) is 22.3 Å². The van der Waals surface area contributed by atoms with Crippen LogP contribution >= 0.6 is 22.9 Å². The second-order valence-electron chi connectivity index (χ2n) is 8.38. The lowest BCUT2D eigenvalue weighted by Gasteiger charge is -2.35. The number of aryl methyl sites for hydroxylation is 2. The zero-order chi connectivity index (χ0) is 24.1. The van der Waals surface area contributed by atoms with E-state index in [-0.39, 0.29) is 5.91 Å². The molecular formula is C24H30ClN7OS. The number of halogens is 1. The van der Waals surface area contributed by atoms with Crippen molar-refractivity contribution in [2.24, 2.45) is 0 Å². The Kier molecular flexibility index (Phi) is 7.97. The Morgan fingerprint density at radius 3 is 2.71 bits per heavy atom. The molecule has 1 fully saturated rings. The molecule has 3 aromatic rings. The highest BCUT2D eigenvalue weighted by Gasteiger charge is 2.19. The van der Waals surface area contributed by atoms with Gasteiger partial charge in [0.2, 0.25) is 0 Å². The molecule has 3 heterocycles. The largest absolute Gasteiger partial charge is 0.354 e. The van der Waals surface area contributed by atoms with Gasteiger partial charge in [-0.3, -0.25) is 9.69 Å². The first-order valence-corrected chi connectivity index (χ1v) is 12.7. The van der Waals surface area contributed by atoms with Crippen LogP contribution in [0.4, 0.5) is 22.5 Å². The summed E-state index contributed by atoms with van der Waals surface area (Å²) in [5, 5.41) is 7.22. The third-order valence-electron chi connectivity index (χ3n) is 5.77. The molecule has 180 valence electrons. The van der Waals surface area contributed by atoms with Crippen molar-refractivity contribution < 1.29 is 4.79 Å². The maximum Gasteiger partial charge on any atom is 0.267 e. The number of hydrogen-bond donors (Lipinski definition) is 2. The van der Waals surface area contributed by atoms with Crippen LogP contribution in [0.25, 0.3) is 0 Å². The summed E-state index contributed by atoms with van der Waals surface area (Å²) in [6, 6.07) is 7.46. The third kappa shape index (κ3) is 6.02. The smallest absolute Gasteiger partial charge is 0.267 e. The van der Waals surface area contributed by atoms with Crippen LogP contribution in [0.2, 0.25) is 5.02 Å². The normalized spacial score (nSPS) is 14.3. The first-order valence-electron chi connectivity index (χ1n) is 11.5. The SMILES string of the molecule is CCCCN1CCN(c2cc(Nc3ncc(C(=O)Nc4c(C)cccc4Cl)s3)nc(C)n2)CC1. The van der Waals surface area contributed by atoms with Gasteiger partial charge < -0.3 is 15.5 Å². The predicted octanol–water partition coefficient (Wildman–Crippen LogP) is 5.12. The van der Waals surface area contributed by atoms with E-state index in [1.165, 1.54) is 24.2 Å². The van der Waals surface area contributed by atoms with Crippen LogP contribution in [-0.2, 0) is 0 Å². The van der Waals surface area contributed by atoms with Gasteiger partial charge in [-0.25, -0.2) is 15.0 Å². The van der Waals surface area contributed by atoms with E-state index in [1.807, 2.05) is 32.0 Å². The van der Waals surface area contributed by atoms with Gasteiger partial charge in [-0.15, -0.1) is 0 Å². The fourth-order valence-electron chi connectivity index (χ4n) is 3.87. The number of carbonyl (C=O) groups excluding carboxylic acids is 1. The highest BCUT2D eigenvalue weighted by atomic mass is 35.5. The van der Waals surface area contributed by atoms with Crippen LogP contribution < -0.4 is 15.5 Å². The number of hydrogen-bond acceptors (Lipinski definition) is 8. The standard InChI is InChI=1S/C24H30ClN7OS/c1-4-5-9-31-10-12-32(13-11-31)21-14-20(27-17(3)28-21)29-24-26-15-19(34-24)23(33)30-22-16(2)7-6-8-18(22)25/h6-8,14-15H,4-5,9-13H2,1-3H3,(H,30,33)(H,26,27,28,29). The number of rotatable bonds is 8. The lowest BCUT2D eigenvalue weighted by molar-refractivity contribution is 0.103. The Morgan fingerprint density at radius 2 is 1.97 bits per heavy atom. The molecule has 8 nitrogen and oxygen atoms in total. The molecule has 1 amide bonds. The molecule has 1 aliphatic rings. The zero-order valence-electron chi connectivity index (χ0n) is 19.8. The number of unbranched alkanes of at least 4 members (excludes halogenated alkanes) is 1. The summed E-state index contributed by atoms with van der Waals surface area (Å²) in [4.78, 5) is 31.5. The van der Waals surface area contributed by atoms with Crippen LogP contribution in [0.1, 0.15) is 40.8 Å². The lowest BCUT2D eigenvalue weighted by atomic mass is 10.2. The maximum absolute atomic E-state index is 12.7. The van der Waals surface area contributed by atoms with Crippen LogP contribution in [0.5, 0.6) is 0 Å². The zero-order valence-corrected chi connectivity index (χ0v) is 21.3. The minimum absolute atomic E-state index is 0.248. The van der Waals surface area contributed by atoms with Gasteiger partial charge >= 0.3 is 0 Å². The second-order valence-corrected chi connectivity index (χ2v) is 9.82. The molecule has 1 aliphatic heterocycles. The van der Waals surface area contributed by atoms with Crippen molar-refractivity contribution in [2.75, 3.05) is 48.3 Å². The number of anilines is 4. The molecule has 0 spiro atoms. The molecule has 10 heteroatoms. The van der Waals surface area contributed by atoms with E-state index in [1.54, 1.807) is 12.3 Å². The highest BCUT2D eigenvalue weighted by molar-refractivity contribution is 7.17. The van der Waals surface area contributed by atoms with E-state index in [2.05, 4.69) is 42.3 Å². The van der Waals surface area contributed by atoms with Gasteiger partial charge in [0.25, 0.3) is 5.91 Å². The Bertz CT molecular complexity index is 1120. The molecule has 0 atom stereocenters. The number of nitrogens with zero attached hydrogens (tertiary/aromatic N) is 5. The van der Waals surface area contributed by atoms with Gasteiger partial charge in [0.05, 0.1) is 16.9 Å².